The molecule has 4 aromatic carbocycles. The van der Waals surface area contributed by atoms with Gasteiger partial charge >= 0.3 is 0 Å². The van der Waals surface area contributed by atoms with Crippen molar-refractivity contribution in [2.45, 2.75) is 4.90 Å². The molecule has 0 saturated carbocycles. The SMILES string of the molecule is COc1ccccc1NS(=O)(=O)c1cc(NC(=O)C=Cc2cn(-c3ccccc3)nc2-c2ccccc2)ccc1Cl. The number of hydrogen-bond acceptors (Lipinski definition) is 5. The summed E-state index contributed by atoms with van der Waals surface area (Å²) >= 11 is 6.24. The van der Waals surface area contributed by atoms with Gasteiger partial charge in [-0.3, -0.25) is 9.52 Å². The van der Waals surface area contributed by atoms with Gasteiger partial charge in [-0.25, -0.2) is 13.1 Å². The highest BCUT2D eigenvalue weighted by Gasteiger charge is 2.21. The fourth-order valence-corrected chi connectivity index (χ4v) is 5.70. The van der Waals surface area contributed by atoms with Gasteiger partial charge in [0.2, 0.25) is 5.91 Å². The van der Waals surface area contributed by atoms with Gasteiger partial charge in [0.1, 0.15) is 10.6 Å². The van der Waals surface area contributed by atoms with Crippen LogP contribution < -0.4 is 14.8 Å². The predicted molar refractivity (Wildman–Crippen MR) is 162 cm³/mol. The van der Waals surface area contributed by atoms with Crippen LogP contribution in [0.5, 0.6) is 5.75 Å². The third-order valence-electron chi connectivity index (χ3n) is 6.06. The van der Waals surface area contributed by atoms with Gasteiger partial charge in [0.25, 0.3) is 10.0 Å². The molecule has 0 radical (unpaired) electrons. The maximum absolute atomic E-state index is 13.1. The van der Waals surface area contributed by atoms with E-state index in [1.54, 1.807) is 35.0 Å². The molecule has 0 unspecified atom stereocenters. The number of para-hydroxylation sites is 3. The van der Waals surface area contributed by atoms with Gasteiger partial charge < -0.3 is 10.1 Å². The number of carbonyl (C=O) groups is 1. The van der Waals surface area contributed by atoms with Crippen molar-refractivity contribution < 1.29 is 17.9 Å². The van der Waals surface area contributed by atoms with Crippen molar-refractivity contribution in [3.8, 4) is 22.7 Å². The van der Waals surface area contributed by atoms with Crippen LogP contribution in [0, 0.1) is 0 Å². The Kier molecular flexibility index (Phi) is 8.19. The molecule has 0 aliphatic carbocycles. The fourth-order valence-electron chi connectivity index (χ4n) is 4.11. The highest BCUT2D eigenvalue weighted by atomic mass is 35.5. The zero-order valence-corrected chi connectivity index (χ0v) is 23.4. The first-order chi connectivity index (χ1) is 19.8. The van der Waals surface area contributed by atoms with Crippen molar-refractivity contribution in [2.75, 3.05) is 17.1 Å². The zero-order valence-electron chi connectivity index (χ0n) is 21.9. The van der Waals surface area contributed by atoms with E-state index in [1.807, 2.05) is 66.9 Å². The average Bonchev–Trinajstić information content (AvgIpc) is 3.42. The van der Waals surface area contributed by atoms with Crippen molar-refractivity contribution >= 4 is 45.0 Å². The normalized spacial score (nSPS) is 11.4. The molecule has 206 valence electrons. The molecule has 0 atom stereocenters. The third kappa shape index (κ3) is 6.49. The third-order valence-corrected chi connectivity index (χ3v) is 7.91. The first-order valence-electron chi connectivity index (χ1n) is 12.5. The Morgan fingerprint density at radius 2 is 1.61 bits per heavy atom. The van der Waals surface area contributed by atoms with Gasteiger partial charge in [-0.2, -0.15) is 5.10 Å². The molecule has 1 heterocycles. The largest absolute Gasteiger partial charge is 0.495 e. The Bertz CT molecular complexity index is 1820. The molecule has 0 spiro atoms. The molecule has 0 aliphatic heterocycles. The van der Waals surface area contributed by atoms with E-state index in [0.717, 1.165) is 16.8 Å². The molecule has 5 rings (SSSR count). The number of hydrogen-bond donors (Lipinski definition) is 2. The molecule has 0 aliphatic rings. The lowest BCUT2D eigenvalue weighted by atomic mass is 10.1. The Morgan fingerprint density at radius 1 is 0.927 bits per heavy atom. The van der Waals surface area contributed by atoms with Crippen molar-refractivity contribution in [3.05, 3.63) is 126 Å². The highest BCUT2D eigenvalue weighted by Crippen LogP contribution is 2.30. The molecule has 1 aromatic heterocycles. The first-order valence-corrected chi connectivity index (χ1v) is 14.3. The number of nitrogens with zero attached hydrogens (tertiary/aromatic N) is 2. The number of aromatic nitrogens is 2. The smallest absolute Gasteiger partial charge is 0.263 e. The van der Waals surface area contributed by atoms with Crippen molar-refractivity contribution in [2.24, 2.45) is 0 Å². The van der Waals surface area contributed by atoms with Crippen molar-refractivity contribution in [1.82, 2.24) is 9.78 Å². The Morgan fingerprint density at radius 3 is 2.34 bits per heavy atom. The second-order valence-electron chi connectivity index (χ2n) is 8.85. The number of methoxy groups -OCH3 is 1. The lowest BCUT2D eigenvalue weighted by molar-refractivity contribution is -0.111. The number of sulfonamides is 1. The first kappa shape index (κ1) is 27.7. The van der Waals surface area contributed by atoms with Crippen molar-refractivity contribution in [3.63, 3.8) is 0 Å². The highest BCUT2D eigenvalue weighted by molar-refractivity contribution is 7.92. The number of amides is 1. The summed E-state index contributed by atoms with van der Waals surface area (Å²) in [6.07, 6.45) is 4.88. The van der Waals surface area contributed by atoms with Gasteiger partial charge in [0.15, 0.2) is 0 Å². The molecular formula is C31H25ClN4O4S. The van der Waals surface area contributed by atoms with Crippen LogP contribution >= 0.6 is 11.6 Å². The van der Waals surface area contributed by atoms with Gasteiger partial charge in [-0.1, -0.05) is 72.3 Å². The second kappa shape index (κ2) is 12.1. The Hall–Kier alpha value is -4.86. The number of benzene rings is 4. The Balaban J connectivity index is 1.38. The number of ether oxygens (including phenoxy) is 1. The van der Waals surface area contributed by atoms with Gasteiger partial charge in [-0.05, 0) is 48.5 Å². The molecule has 8 nitrogen and oxygen atoms in total. The van der Waals surface area contributed by atoms with E-state index in [2.05, 4.69) is 10.0 Å². The van der Waals surface area contributed by atoms with Crippen LogP contribution in [0.15, 0.2) is 120 Å². The molecule has 5 aromatic rings. The maximum atomic E-state index is 13.1. The van der Waals surface area contributed by atoms with Gasteiger partial charge in [0.05, 0.1) is 29.2 Å². The monoisotopic (exact) mass is 584 g/mol. The molecule has 2 N–H and O–H groups in total. The van der Waals surface area contributed by atoms with E-state index < -0.39 is 15.9 Å². The summed E-state index contributed by atoms with van der Waals surface area (Å²) in [6.45, 7) is 0. The predicted octanol–water partition coefficient (Wildman–Crippen LogP) is 6.65. The second-order valence-corrected chi connectivity index (χ2v) is 10.9. The van der Waals surface area contributed by atoms with E-state index in [0.29, 0.717) is 11.4 Å². The summed E-state index contributed by atoms with van der Waals surface area (Å²) in [5, 5.41) is 7.45. The van der Waals surface area contributed by atoms with Crippen LogP contribution in [0.3, 0.4) is 0 Å². The molecule has 0 fully saturated rings. The minimum atomic E-state index is -4.09. The van der Waals surface area contributed by atoms with Crippen molar-refractivity contribution in [1.29, 1.82) is 0 Å². The van der Waals surface area contributed by atoms with E-state index >= 15 is 0 Å². The van der Waals surface area contributed by atoms with Crippen LogP contribution in [0.1, 0.15) is 5.56 Å². The fraction of sp³-hybridized carbons (Fsp3) is 0.0323. The number of halogens is 1. The summed E-state index contributed by atoms with van der Waals surface area (Å²) in [5.41, 5.74) is 3.74. The van der Waals surface area contributed by atoms with E-state index in [4.69, 9.17) is 21.4 Å². The molecule has 0 bridgehead atoms. The summed E-state index contributed by atoms with van der Waals surface area (Å²) < 4.78 is 35.8. The molecular weight excluding hydrogens is 560 g/mol. The minimum Gasteiger partial charge on any atom is -0.495 e. The average molecular weight is 585 g/mol. The van der Waals surface area contributed by atoms with E-state index in [9.17, 15) is 13.2 Å². The van der Waals surface area contributed by atoms with Crippen LogP contribution in [0.25, 0.3) is 23.0 Å². The minimum absolute atomic E-state index is 0.00164. The van der Waals surface area contributed by atoms with Gasteiger partial charge in [-0.15, -0.1) is 0 Å². The zero-order chi connectivity index (χ0) is 28.8. The number of carbonyl (C=O) groups excluding carboxylic acids is 1. The quantitative estimate of drug-likeness (QED) is 0.189. The van der Waals surface area contributed by atoms with Gasteiger partial charge in [0, 0.05) is 29.1 Å². The number of nitrogens with one attached hydrogen (secondary N) is 2. The summed E-state index contributed by atoms with van der Waals surface area (Å²) in [7, 11) is -2.65. The summed E-state index contributed by atoms with van der Waals surface area (Å²) in [6, 6.07) is 30.2. The van der Waals surface area contributed by atoms with E-state index in [-0.39, 0.29) is 21.3 Å². The standard InChI is InChI=1S/C31H25ClN4O4S/c1-40-28-15-9-8-14-27(28)35-41(38,39)29-20-24(17-18-26(29)32)33-30(37)19-16-23-21-36(25-12-6-3-7-13-25)34-31(23)22-10-4-2-5-11-22/h2-21,35H,1H3,(H,33,37). The molecule has 41 heavy (non-hydrogen) atoms. The number of anilines is 2. The van der Waals surface area contributed by atoms with Crippen LogP contribution in [0.4, 0.5) is 11.4 Å². The summed E-state index contributed by atoms with van der Waals surface area (Å²) in [5.74, 6) is -0.105. The molecule has 0 saturated heterocycles. The summed E-state index contributed by atoms with van der Waals surface area (Å²) in [4.78, 5) is 12.7. The topological polar surface area (TPSA) is 102 Å². The van der Waals surface area contributed by atoms with E-state index in [1.165, 1.54) is 31.4 Å². The molecule has 10 heteroatoms. The number of rotatable bonds is 9. The Labute approximate surface area is 242 Å². The van der Waals surface area contributed by atoms with Crippen LogP contribution in [-0.4, -0.2) is 31.2 Å². The lowest BCUT2D eigenvalue weighted by Gasteiger charge is -2.13. The van der Waals surface area contributed by atoms with Crippen LogP contribution in [0.2, 0.25) is 5.02 Å². The maximum Gasteiger partial charge on any atom is 0.263 e. The lowest BCUT2D eigenvalue weighted by Crippen LogP contribution is -2.15. The molecule has 1 amide bonds. The van der Waals surface area contributed by atoms with Crippen LogP contribution in [-0.2, 0) is 14.8 Å².